The van der Waals surface area contributed by atoms with E-state index in [9.17, 15) is 9.90 Å². The summed E-state index contributed by atoms with van der Waals surface area (Å²) < 4.78 is 0. The van der Waals surface area contributed by atoms with Crippen LogP contribution < -0.4 is 11.1 Å². The minimum atomic E-state index is -0.0396. The second-order valence-corrected chi connectivity index (χ2v) is 7.44. The monoisotopic (exact) mass is 396 g/mol. The van der Waals surface area contributed by atoms with Gasteiger partial charge in [-0.3, -0.25) is 14.9 Å². The summed E-state index contributed by atoms with van der Waals surface area (Å²) in [4.78, 5) is 20.5. The van der Waals surface area contributed by atoms with Crippen molar-refractivity contribution in [3.05, 3.63) is 47.6 Å². The van der Waals surface area contributed by atoms with E-state index in [1.54, 1.807) is 24.3 Å². The van der Waals surface area contributed by atoms with E-state index in [0.717, 1.165) is 37.1 Å². The van der Waals surface area contributed by atoms with Crippen molar-refractivity contribution in [3.63, 3.8) is 0 Å². The van der Waals surface area contributed by atoms with Gasteiger partial charge in [-0.25, -0.2) is 4.98 Å². The van der Waals surface area contributed by atoms with E-state index >= 15 is 0 Å². The number of amidine groups is 1. The number of phenols is 1. The first kappa shape index (κ1) is 20.6. The number of amides is 1. The van der Waals surface area contributed by atoms with Crippen LogP contribution >= 0.6 is 0 Å². The number of H-pyrrole nitrogens is 1. The maximum absolute atomic E-state index is 11.4. The number of aromatic hydroxyl groups is 1. The molecule has 0 bridgehead atoms. The Morgan fingerprint density at radius 2 is 2.07 bits per heavy atom. The lowest BCUT2D eigenvalue weighted by Gasteiger charge is -2.29. The number of aliphatic imine (C=N–C) groups is 1. The fourth-order valence-electron chi connectivity index (χ4n) is 3.57. The number of nitrogens with zero attached hydrogens (tertiary/aromatic N) is 3. The van der Waals surface area contributed by atoms with Gasteiger partial charge >= 0.3 is 0 Å². The van der Waals surface area contributed by atoms with Crippen LogP contribution in [0.2, 0.25) is 0 Å². The number of hydrogen-bond donors (Lipinski definition) is 4. The van der Waals surface area contributed by atoms with Crippen molar-refractivity contribution in [2.75, 3.05) is 0 Å². The van der Waals surface area contributed by atoms with Gasteiger partial charge in [-0.05, 0) is 42.7 Å². The van der Waals surface area contributed by atoms with Crippen LogP contribution in [0.1, 0.15) is 62.7 Å². The highest BCUT2D eigenvalue weighted by Crippen LogP contribution is 2.23. The van der Waals surface area contributed by atoms with E-state index in [4.69, 9.17) is 5.73 Å². The van der Waals surface area contributed by atoms with E-state index < -0.39 is 0 Å². The normalized spacial score (nSPS) is 21.2. The molecule has 3 rings (SSSR count). The van der Waals surface area contributed by atoms with Crippen LogP contribution in [-0.4, -0.2) is 44.1 Å². The summed E-state index contributed by atoms with van der Waals surface area (Å²) in [6.07, 6.45) is 7.42. The number of rotatable bonds is 6. The summed E-state index contributed by atoms with van der Waals surface area (Å²) >= 11 is 0. The van der Waals surface area contributed by atoms with Crippen LogP contribution in [-0.2, 0) is 4.79 Å². The van der Waals surface area contributed by atoms with Crippen molar-refractivity contribution < 1.29 is 9.90 Å². The number of nitrogens with one attached hydrogen (secondary N) is 2. The van der Waals surface area contributed by atoms with Gasteiger partial charge in [0.2, 0.25) is 5.91 Å². The lowest BCUT2D eigenvalue weighted by atomic mass is 9.90. The van der Waals surface area contributed by atoms with Crippen molar-refractivity contribution in [2.45, 2.75) is 57.5 Å². The van der Waals surface area contributed by atoms with Gasteiger partial charge in [-0.1, -0.05) is 31.9 Å². The molecule has 1 aromatic carbocycles. The quantitative estimate of drug-likeness (QED) is 0.440. The summed E-state index contributed by atoms with van der Waals surface area (Å²) in [7, 11) is 0. The number of nitrogens with two attached hydrogens (primary N) is 1. The van der Waals surface area contributed by atoms with Crippen LogP contribution in [0.15, 0.2) is 35.3 Å². The molecule has 0 radical (unpaired) electrons. The number of hydrogen-bond acceptors (Lipinski definition) is 5. The number of aromatic amines is 1. The van der Waals surface area contributed by atoms with Gasteiger partial charge in [-0.15, -0.1) is 0 Å². The molecule has 154 valence electrons. The van der Waals surface area contributed by atoms with Gasteiger partial charge in [0.1, 0.15) is 17.4 Å². The molecule has 1 fully saturated rings. The van der Waals surface area contributed by atoms with E-state index in [2.05, 4.69) is 25.5 Å². The zero-order valence-corrected chi connectivity index (χ0v) is 16.8. The van der Waals surface area contributed by atoms with Gasteiger partial charge in [0.25, 0.3) is 0 Å². The Hall–Kier alpha value is -3.16. The molecule has 2 aromatic rings. The van der Waals surface area contributed by atoms with E-state index in [-0.39, 0.29) is 29.7 Å². The molecular formula is C21H28N6O2. The second-order valence-electron chi connectivity index (χ2n) is 7.44. The minimum absolute atomic E-state index is 0.00507. The number of phenolic OH excluding ortho intramolecular Hbond substituents is 1. The molecule has 8 nitrogen and oxygen atoms in total. The molecule has 1 saturated carbocycles. The Balaban J connectivity index is 1.65. The molecule has 29 heavy (non-hydrogen) atoms. The topological polar surface area (TPSA) is 129 Å². The van der Waals surface area contributed by atoms with Crippen LogP contribution in [0.3, 0.4) is 0 Å². The highest BCUT2D eigenvalue weighted by molar-refractivity contribution is 5.94. The number of carbonyl (C=O) groups excluding carboxylic acids is 1. The lowest BCUT2D eigenvalue weighted by molar-refractivity contribution is -0.120. The summed E-state index contributed by atoms with van der Waals surface area (Å²) in [5, 5.41) is 19.6. The molecule has 1 aromatic heterocycles. The highest BCUT2D eigenvalue weighted by atomic mass is 16.3. The molecule has 1 amide bonds. The second kappa shape index (κ2) is 9.36. The fourth-order valence-corrected chi connectivity index (χ4v) is 3.57. The molecule has 1 aliphatic rings. The minimum Gasteiger partial charge on any atom is -0.508 e. The first-order chi connectivity index (χ1) is 13.9. The third kappa shape index (κ3) is 5.66. The Kier molecular flexibility index (Phi) is 6.64. The molecule has 0 unspecified atom stereocenters. The predicted octanol–water partition coefficient (Wildman–Crippen LogP) is 2.48. The maximum Gasteiger partial charge on any atom is 0.217 e. The molecule has 1 aliphatic carbocycles. The van der Waals surface area contributed by atoms with Crippen LogP contribution in [0, 0.1) is 0 Å². The first-order valence-electron chi connectivity index (χ1n) is 9.92. The molecule has 0 saturated heterocycles. The Morgan fingerprint density at radius 1 is 1.34 bits per heavy atom. The van der Waals surface area contributed by atoms with Crippen molar-refractivity contribution in [3.8, 4) is 5.75 Å². The third-order valence-electron chi connectivity index (χ3n) is 5.16. The molecule has 3 atom stereocenters. The maximum atomic E-state index is 11.4. The standard InChI is InChI=1S/C21H28N6O2/c1-13(15-7-9-16(29)10-8-15)21-25-20(26-27-21)12-11-19(22)24-18-6-4-3-5-17(18)23-14(2)28/h7-13,17-18,29H,3-6H2,1-2H3,(H2,22,24)(H,23,28)(H,25,26,27)/b12-11-/t13-,17-,18+/m0/s1. The average molecular weight is 396 g/mol. The van der Waals surface area contributed by atoms with E-state index in [1.807, 2.05) is 19.1 Å². The lowest BCUT2D eigenvalue weighted by Crippen LogP contribution is -2.44. The fraction of sp³-hybridized carbons (Fsp3) is 0.429. The number of benzene rings is 1. The number of carbonyl (C=O) groups is 1. The zero-order valence-electron chi connectivity index (χ0n) is 16.8. The van der Waals surface area contributed by atoms with Gasteiger partial charge in [-0.2, -0.15) is 5.10 Å². The van der Waals surface area contributed by atoms with Crippen molar-refractivity contribution >= 4 is 17.8 Å². The van der Waals surface area contributed by atoms with Gasteiger partial charge in [0.05, 0.1) is 12.1 Å². The van der Waals surface area contributed by atoms with E-state index in [1.165, 1.54) is 6.92 Å². The van der Waals surface area contributed by atoms with Crippen LogP contribution in [0.4, 0.5) is 0 Å². The third-order valence-corrected chi connectivity index (χ3v) is 5.16. The summed E-state index contributed by atoms with van der Waals surface area (Å²) in [6, 6.07) is 7.06. The van der Waals surface area contributed by atoms with Crippen molar-refractivity contribution in [1.82, 2.24) is 20.5 Å². The van der Waals surface area contributed by atoms with Gasteiger partial charge in [0, 0.05) is 12.8 Å². The molecule has 0 aliphatic heterocycles. The van der Waals surface area contributed by atoms with Crippen LogP contribution in [0.5, 0.6) is 5.75 Å². The number of aromatic nitrogens is 3. The molecule has 5 N–H and O–H groups in total. The molecule has 0 spiro atoms. The Morgan fingerprint density at radius 3 is 2.79 bits per heavy atom. The molecule has 8 heteroatoms. The highest BCUT2D eigenvalue weighted by Gasteiger charge is 2.25. The average Bonchev–Trinajstić information content (AvgIpc) is 3.17. The SMILES string of the molecule is CC(=O)N[C@H]1CCCC[C@H]1N=C(N)/C=C\c1n[nH]c([C@@H](C)c2ccc(O)cc2)n1. The largest absolute Gasteiger partial charge is 0.508 e. The van der Waals surface area contributed by atoms with Crippen molar-refractivity contribution in [2.24, 2.45) is 10.7 Å². The van der Waals surface area contributed by atoms with Gasteiger partial charge in [0.15, 0.2) is 5.82 Å². The zero-order chi connectivity index (χ0) is 20.8. The Labute approximate surface area is 170 Å². The first-order valence-corrected chi connectivity index (χ1v) is 9.92. The van der Waals surface area contributed by atoms with E-state index in [0.29, 0.717) is 11.7 Å². The smallest absolute Gasteiger partial charge is 0.217 e. The summed E-state index contributed by atoms with van der Waals surface area (Å²) in [5.74, 6) is 1.84. The van der Waals surface area contributed by atoms with Crippen molar-refractivity contribution in [1.29, 1.82) is 0 Å². The molecular weight excluding hydrogens is 368 g/mol. The summed E-state index contributed by atoms with van der Waals surface area (Å²) in [5.41, 5.74) is 7.10. The van der Waals surface area contributed by atoms with Crippen LogP contribution in [0.25, 0.3) is 6.08 Å². The molecule has 1 heterocycles. The predicted molar refractivity (Wildman–Crippen MR) is 113 cm³/mol. The summed E-state index contributed by atoms with van der Waals surface area (Å²) in [6.45, 7) is 3.54. The Bertz CT molecular complexity index is 887. The van der Waals surface area contributed by atoms with Gasteiger partial charge < -0.3 is 16.2 Å².